The number of likely N-dealkylation sites (tertiary alicyclic amines) is 2. The Kier molecular flexibility index (Phi) is 7.78. The minimum atomic E-state index is 0.194. The molecule has 2 aliphatic heterocycles. The van der Waals surface area contributed by atoms with Crippen LogP contribution in [0, 0.1) is 11.8 Å². The fourth-order valence-electron chi connectivity index (χ4n) is 4.84. The molecular formula is C21H37N3O2. The second-order valence-electron chi connectivity index (χ2n) is 8.56. The Hall–Kier alpha value is -1.10. The van der Waals surface area contributed by atoms with Crippen molar-refractivity contribution in [1.29, 1.82) is 0 Å². The molecule has 3 aliphatic rings. The second kappa shape index (κ2) is 10.3. The Labute approximate surface area is 158 Å². The predicted octanol–water partition coefficient (Wildman–Crippen LogP) is 2.80. The molecule has 1 N–H and O–H groups in total. The molecule has 2 heterocycles. The number of carbonyl (C=O) groups is 2. The van der Waals surface area contributed by atoms with Crippen LogP contribution in [0.1, 0.15) is 70.6 Å². The van der Waals surface area contributed by atoms with Gasteiger partial charge in [-0.3, -0.25) is 9.59 Å². The van der Waals surface area contributed by atoms with Crippen LogP contribution in [0.5, 0.6) is 0 Å². The third kappa shape index (κ3) is 5.97. The van der Waals surface area contributed by atoms with Crippen LogP contribution in [-0.2, 0) is 9.59 Å². The molecule has 2 saturated heterocycles. The third-order valence-electron chi connectivity index (χ3n) is 6.55. The van der Waals surface area contributed by atoms with Gasteiger partial charge in [0.25, 0.3) is 0 Å². The van der Waals surface area contributed by atoms with Gasteiger partial charge in [0.2, 0.25) is 11.8 Å². The zero-order chi connectivity index (χ0) is 18.2. The van der Waals surface area contributed by atoms with Gasteiger partial charge in [-0.05, 0) is 57.5 Å². The van der Waals surface area contributed by atoms with Gasteiger partial charge in [0.05, 0.1) is 0 Å². The summed E-state index contributed by atoms with van der Waals surface area (Å²) in [6.07, 6.45) is 12.4. The van der Waals surface area contributed by atoms with Crippen LogP contribution in [0.25, 0.3) is 0 Å². The smallest absolute Gasteiger partial charge is 0.225 e. The first-order valence-electron chi connectivity index (χ1n) is 11.0. The number of rotatable bonds is 6. The zero-order valence-electron chi connectivity index (χ0n) is 16.4. The first kappa shape index (κ1) is 19.7. The van der Waals surface area contributed by atoms with Crippen molar-refractivity contribution in [2.75, 3.05) is 39.3 Å². The lowest BCUT2D eigenvalue weighted by Gasteiger charge is -2.35. The normalized spacial score (nSPS) is 23.8. The maximum absolute atomic E-state index is 12.6. The molecular weight excluding hydrogens is 326 g/mol. The predicted molar refractivity (Wildman–Crippen MR) is 104 cm³/mol. The Balaban J connectivity index is 1.29. The van der Waals surface area contributed by atoms with Crippen molar-refractivity contribution < 1.29 is 9.59 Å². The van der Waals surface area contributed by atoms with Crippen molar-refractivity contribution >= 4 is 11.8 Å². The van der Waals surface area contributed by atoms with E-state index in [0.29, 0.717) is 18.2 Å². The van der Waals surface area contributed by atoms with E-state index in [1.165, 1.54) is 51.6 Å². The van der Waals surface area contributed by atoms with Gasteiger partial charge in [0, 0.05) is 38.5 Å². The molecule has 2 amide bonds. The van der Waals surface area contributed by atoms with E-state index in [-0.39, 0.29) is 11.8 Å². The molecule has 1 saturated carbocycles. The molecule has 5 heteroatoms. The van der Waals surface area contributed by atoms with E-state index in [9.17, 15) is 9.59 Å². The van der Waals surface area contributed by atoms with Crippen molar-refractivity contribution in [3.8, 4) is 0 Å². The van der Waals surface area contributed by atoms with Gasteiger partial charge in [-0.15, -0.1) is 0 Å². The Bertz CT molecular complexity index is 448. The molecule has 26 heavy (non-hydrogen) atoms. The van der Waals surface area contributed by atoms with Crippen LogP contribution < -0.4 is 5.32 Å². The molecule has 5 nitrogen and oxygen atoms in total. The van der Waals surface area contributed by atoms with Crippen LogP contribution in [-0.4, -0.2) is 60.9 Å². The van der Waals surface area contributed by atoms with Gasteiger partial charge in [-0.25, -0.2) is 0 Å². The third-order valence-corrected chi connectivity index (χ3v) is 6.55. The van der Waals surface area contributed by atoms with Crippen molar-refractivity contribution in [1.82, 2.24) is 15.1 Å². The van der Waals surface area contributed by atoms with Gasteiger partial charge in [-0.1, -0.05) is 25.7 Å². The first-order chi connectivity index (χ1) is 12.7. The highest BCUT2D eigenvalue weighted by Crippen LogP contribution is 2.28. The lowest BCUT2D eigenvalue weighted by molar-refractivity contribution is -0.138. The minimum absolute atomic E-state index is 0.194. The Morgan fingerprint density at radius 3 is 2.15 bits per heavy atom. The summed E-state index contributed by atoms with van der Waals surface area (Å²) in [5.74, 6) is 1.30. The van der Waals surface area contributed by atoms with Crippen LogP contribution >= 0.6 is 0 Å². The fraction of sp³-hybridized carbons (Fsp3) is 0.905. The number of hydrogen-bond acceptors (Lipinski definition) is 3. The summed E-state index contributed by atoms with van der Waals surface area (Å²) >= 11 is 0. The summed E-state index contributed by atoms with van der Waals surface area (Å²) < 4.78 is 0. The molecule has 1 aliphatic carbocycles. The van der Waals surface area contributed by atoms with Crippen LogP contribution in [0.3, 0.4) is 0 Å². The number of piperidine rings is 2. The lowest BCUT2D eigenvalue weighted by atomic mass is 9.87. The topological polar surface area (TPSA) is 52.7 Å². The summed E-state index contributed by atoms with van der Waals surface area (Å²) in [5.41, 5.74) is 0. The second-order valence-corrected chi connectivity index (χ2v) is 8.56. The Morgan fingerprint density at radius 1 is 0.808 bits per heavy atom. The summed E-state index contributed by atoms with van der Waals surface area (Å²) in [5, 5.41) is 3.10. The molecule has 0 spiro atoms. The molecule has 0 aromatic rings. The zero-order valence-corrected chi connectivity index (χ0v) is 16.4. The maximum Gasteiger partial charge on any atom is 0.225 e. The first-order valence-corrected chi connectivity index (χ1v) is 11.0. The minimum Gasteiger partial charge on any atom is -0.355 e. The van der Waals surface area contributed by atoms with E-state index in [4.69, 9.17) is 0 Å². The number of amides is 2. The number of nitrogens with zero attached hydrogens (tertiary/aromatic N) is 2. The molecule has 0 aromatic carbocycles. The monoisotopic (exact) mass is 363 g/mol. The van der Waals surface area contributed by atoms with Gasteiger partial charge in [-0.2, -0.15) is 0 Å². The highest BCUT2D eigenvalue weighted by Gasteiger charge is 2.29. The molecule has 3 fully saturated rings. The molecule has 0 radical (unpaired) electrons. The van der Waals surface area contributed by atoms with E-state index in [0.717, 1.165) is 51.9 Å². The number of hydrogen-bond donors (Lipinski definition) is 1. The average Bonchev–Trinajstić information content (AvgIpc) is 2.69. The van der Waals surface area contributed by atoms with Gasteiger partial charge in [0.1, 0.15) is 0 Å². The van der Waals surface area contributed by atoms with E-state index >= 15 is 0 Å². The van der Waals surface area contributed by atoms with Gasteiger partial charge in [0.15, 0.2) is 0 Å². The van der Waals surface area contributed by atoms with Crippen molar-refractivity contribution in [3.63, 3.8) is 0 Å². The SMILES string of the molecule is O=C(CC1CCN(C(=O)C2CCCCC2)CC1)NCCN1CCCCC1. The van der Waals surface area contributed by atoms with Gasteiger partial charge < -0.3 is 15.1 Å². The fourth-order valence-corrected chi connectivity index (χ4v) is 4.84. The summed E-state index contributed by atoms with van der Waals surface area (Å²) in [6, 6.07) is 0. The number of carbonyl (C=O) groups excluding carboxylic acids is 2. The van der Waals surface area contributed by atoms with E-state index in [2.05, 4.69) is 15.1 Å². The molecule has 148 valence electrons. The van der Waals surface area contributed by atoms with Crippen LogP contribution in [0.2, 0.25) is 0 Å². The van der Waals surface area contributed by atoms with Crippen LogP contribution in [0.15, 0.2) is 0 Å². The number of nitrogens with one attached hydrogen (secondary N) is 1. The van der Waals surface area contributed by atoms with Crippen LogP contribution in [0.4, 0.5) is 0 Å². The molecule has 0 unspecified atom stereocenters. The van der Waals surface area contributed by atoms with Crippen molar-refractivity contribution in [2.45, 2.75) is 70.6 Å². The van der Waals surface area contributed by atoms with E-state index in [1.807, 2.05) is 0 Å². The summed E-state index contributed by atoms with van der Waals surface area (Å²) in [7, 11) is 0. The standard InChI is InChI=1S/C21H37N3O2/c25-20(22-11-16-23-12-5-2-6-13-23)17-18-9-14-24(15-10-18)21(26)19-7-3-1-4-8-19/h18-19H,1-17H2,(H,22,25). The lowest BCUT2D eigenvalue weighted by Crippen LogP contribution is -2.43. The Morgan fingerprint density at radius 2 is 1.46 bits per heavy atom. The molecule has 0 atom stereocenters. The van der Waals surface area contributed by atoms with Crippen molar-refractivity contribution in [3.05, 3.63) is 0 Å². The highest BCUT2D eigenvalue weighted by molar-refractivity contribution is 5.79. The van der Waals surface area contributed by atoms with Gasteiger partial charge >= 0.3 is 0 Å². The molecule has 3 rings (SSSR count). The molecule has 0 bridgehead atoms. The average molecular weight is 364 g/mol. The van der Waals surface area contributed by atoms with E-state index < -0.39 is 0 Å². The maximum atomic E-state index is 12.6. The quantitative estimate of drug-likeness (QED) is 0.789. The summed E-state index contributed by atoms with van der Waals surface area (Å²) in [4.78, 5) is 29.3. The van der Waals surface area contributed by atoms with E-state index in [1.54, 1.807) is 0 Å². The largest absolute Gasteiger partial charge is 0.355 e. The van der Waals surface area contributed by atoms with Crippen molar-refractivity contribution in [2.24, 2.45) is 11.8 Å². The molecule has 0 aromatic heterocycles. The summed E-state index contributed by atoms with van der Waals surface area (Å²) in [6.45, 7) is 5.83. The highest BCUT2D eigenvalue weighted by atomic mass is 16.2.